The Bertz CT molecular complexity index is 727. The summed E-state index contributed by atoms with van der Waals surface area (Å²) in [7, 11) is 1.64. The van der Waals surface area contributed by atoms with Crippen molar-refractivity contribution in [3.63, 3.8) is 0 Å². The van der Waals surface area contributed by atoms with Gasteiger partial charge in [-0.2, -0.15) is 9.78 Å². The smallest absolute Gasteiger partial charge is 0.342 e. The summed E-state index contributed by atoms with van der Waals surface area (Å²) < 4.78 is 6.73. The van der Waals surface area contributed by atoms with Crippen LogP contribution in [-0.4, -0.2) is 41.0 Å². The second kappa shape index (κ2) is 5.70. The van der Waals surface area contributed by atoms with Crippen LogP contribution in [0.4, 0.5) is 4.79 Å². The molecule has 6 nitrogen and oxygen atoms in total. The van der Waals surface area contributed by atoms with Crippen molar-refractivity contribution in [3.05, 3.63) is 36.7 Å². The summed E-state index contributed by atoms with van der Waals surface area (Å²) in [4.78, 5) is 12.4. The van der Waals surface area contributed by atoms with E-state index < -0.39 is 0 Å². The van der Waals surface area contributed by atoms with Crippen molar-refractivity contribution in [2.75, 3.05) is 7.11 Å². The highest BCUT2D eigenvalue weighted by Gasteiger charge is 2.39. The van der Waals surface area contributed by atoms with Gasteiger partial charge in [-0.15, -0.1) is 0 Å². The van der Waals surface area contributed by atoms with Gasteiger partial charge >= 0.3 is 6.03 Å². The molecule has 3 atom stereocenters. The quantitative estimate of drug-likeness (QED) is 0.910. The van der Waals surface area contributed by atoms with E-state index in [0.29, 0.717) is 12.1 Å². The van der Waals surface area contributed by atoms with Crippen LogP contribution in [0.5, 0.6) is 5.75 Å². The second-order valence-corrected chi connectivity index (χ2v) is 6.21. The average molecular weight is 312 g/mol. The molecule has 3 heterocycles. The van der Waals surface area contributed by atoms with Gasteiger partial charge in [0.05, 0.1) is 13.3 Å². The van der Waals surface area contributed by atoms with Crippen LogP contribution in [0.1, 0.15) is 19.3 Å². The SMILES string of the molecule is COc1ccccc1-c1cnn(C(=O)NC2CC3CCC2N3)c1. The molecule has 2 aliphatic heterocycles. The normalized spacial score (nSPS) is 25.5. The minimum absolute atomic E-state index is 0.175. The number of methoxy groups -OCH3 is 1. The van der Waals surface area contributed by atoms with Crippen LogP contribution in [0.15, 0.2) is 36.7 Å². The fourth-order valence-corrected chi connectivity index (χ4v) is 3.66. The number of nitrogens with zero attached hydrogens (tertiary/aromatic N) is 2. The molecule has 0 aliphatic carbocycles. The van der Waals surface area contributed by atoms with Gasteiger partial charge in [0.2, 0.25) is 0 Å². The number of rotatable bonds is 3. The zero-order chi connectivity index (χ0) is 15.8. The molecular weight excluding hydrogens is 292 g/mol. The standard InChI is InChI=1S/C17H20N4O2/c1-23-16-5-3-2-4-13(16)11-9-18-21(10-11)17(22)20-15-8-12-6-7-14(15)19-12/h2-5,9-10,12,14-15,19H,6-8H2,1H3,(H,20,22). The molecule has 1 aromatic carbocycles. The monoisotopic (exact) mass is 312 g/mol. The van der Waals surface area contributed by atoms with Crippen molar-refractivity contribution in [1.29, 1.82) is 0 Å². The number of nitrogens with one attached hydrogen (secondary N) is 2. The van der Waals surface area contributed by atoms with Crippen LogP contribution in [0.3, 0.4) is 0 Å². The number of ether oxygens (including phenoxy) is 1. The average Bonchev–Trinajstić information content (AvgIpc) is 3.31. The Morgan fingerprint density at radius 3 is 3.00 bits per heavy atom. The molecule has 0 saturated carbocycles. The van der Waals surface area contributed by atoms with Gasteiger partial charge in [-0.3, -0.25) is 0 Å². The minimum atomic E-state index is -0.175. The van der Waals surface area contributed by atoms with Crippen LogP contribution in [0, 0.1) is 0 Å². The molecule has 120 valence electrons. The number of aromatic nitrogens is 2. The van der Waals surface area contributed by atoms with E-state index in [1.165, 1.54) is 11.1 Å². The number of hydrogen-bond donors (Lipinski definition) is 2. The highest BCUT2D eigenvalue weighted by Crippen LogP contribution is 2.30. The molecule has 2 N–H and O–H groups in total. The van der Waals surface area contributed by atoms with E-state index in [4.69, 9.17) is 4.74 Å². The lowest BCUT2D eigenvalue weighted by molar-refractivity contribution is 0.233. The molecular formula is C17H20N4O2. The molecule has 2 aromatic rings. The molecule has 1 amide bonds. The lowest BCUT2D eigenvalue weighted by Crippen LogP contribution is -2.44. The second-order valence-electron chi connectivity index (χ2n) is 6.21. The number of para-hydroxylation sites is 1. The first-order valence-electron chi connectivity index (χ1n) is 7.99. The number of carbonyl (C=O) groups is 1. The van der Waals surface area contributed by atoms with Crippen LogP contribution in [-0.2, 0) is 0 Å². The molecule has 2 aliphatic rings. The number of carbonyl (C=O) groups excluding carboxylic acids is 1. The van der Waals surface area contributed by atoms with Crippen LogP contribution in [0.25, 0.3) is 11.1 Å². The van der Waals surface area contributed by atoms with Crippen molar-refractivity contribution in [2.45, 2.75) is 37.4 Å². The maximum atomic E-state index is 12.4. The van der Waals surface area contributed by atoms with Crippen molar-refractivity contribution in [3.8, 4) is 16.9 Å². The summed E-state index contributed by atoms with van der Waals surface area (Å²) in [6.07, 6.45) is 6.80. The summed E-state index contributed by atoms with van der Waals surface area (Å²) in [6.45, 7) is 0. The minimum Gasteiger partial charge on any atom is -0.496 e. The lowest BCUT2D eigenvalue weighted by Gasteiger charge is -2.21. The van der Waals surface area contributed by atoms with E-state index in [1.807, 2.05) is 24.3 Å². The third-order valence-electron chi connectivity index (χ3n) is 4.82. The Morgan fingerprint density at radius 1 is 1.39 bits per heavy atom. The molecule has 1 aromatic heterocycles. The molecule has 4 rings (SSSR count). The van der Waals surface area contributed by atoms with Gasteiger partial charge in [0.15, 0.2) is 0 Å². The number of benzene rings is 1. The predicted molar refractivity (Wildman–Crippen MR) is 86.5 cm³/mol. The fourth-order valence-electron chi connectivity index (χ4n) is 3.66. The van der Waals surface area contributed by atoms with Gasteiger partial charge in [-0.25, -0.2) is 4.79 Å². The van der Waals surface area contributed by atoms with E-state index in [2.05, 4.69) is 15.7 Å². The maximum absolute atomic E-state index is 12.4. The van der Waals surface area contributed by atoms with E-state index in [9.17, 15) is 4.79 Å². The zero-order valence-corrected chi connectivity index (χ0v) is 13.0. The predicted octanol–water partition coefficient (Wildman–Crippen LogP) is 2.01. The van der Waals surface area contributed by atoms with Crippen LogP contribution < -0.4 is 15.4 Å². The van der Waals surface area contributed by atoms with Crippen molar-refractivity contribution < 1.29 is 9.53 Å². The maximum Gasteiger partial charge on any atom is 0.342 e. The Hall–Kier alpha value is -2.34. The van der Waals surface area contributed by atoms with Crippen LogP contribution >= 0.6 is 0 Å². The molecule has 3 unspecified atom stereocenters. The Morgan fingerprint density at radius 2 is 2.26 bits per heavy atom. The van der Waals surface area contributed by atoms with Gasteiger partial charge in [0, 0.05) is 35.4 Å². The first kappa shape index (κ1) is 14.3. The van der Waals surface area contributed by atoms with Gasteiger partial charge in [-0.05, 0) is 25.3 Å². The van der Waals surface area contributed by atoms with E-state index in [-0.39, 0.29) is 12.1 Å². The lowest BCUT2D eigenvalue weighted by atomic mass is 9.96. The molecule has 2 bridgehead atoms. The van der Waals surface area contributed by atoms with Crippen molar-refractivity contribution in [2.24, 2.45) is 0 Å². The van der Waals surface area contributed by atoms with E-state index in [0.717, 1.165) is 29.7 Å². The van der Waals surface area contributed by atoms with Gasteiger partial charge in [0.1, 0.15) is 5.75 Å². The summed E-state index contributed by atoms with van der Waals surface area (Å²) in [6, 6.07) is 8.72. The highest BCUT2D eigenvalue weighted by molar-refractivity contribution is 5.78. The Balaban J connectivity index is 1.50. The summed E-state index contributed by atoms with van der Waals surface area (Å²) in [5, 5.41) is 10.8. The molecule has 2 saturated heterocycles. The Kier molecular flexibility index (Phi) is 3.53. The summed E-state index contributed by atoms with van der Waals surface area (Å²) in [5.74, 6) is 0.768. The fraction of sp³-hybridized carbons (Fsp3) is 0.412. The number of hydrogen-bond acceptors (Lipinski definition) is 4. The molecule has 23 heavy (non-hydrogen) atoms. The molecule has 2 fully saturated rings. The van der Waals surface area contributed by atoms with Crippen molar-refractivity contribution >= 4 is 6.03 Å². The largest absolute Gasteiger partial charge is 0.496 e. The molecule has 0 spiro atoms. The van der Waals surface area contributed by atoms with Crippen LogP contribution in [0.2, 0.25) is 0 Å². The third-order valence-corrected chi connectivity index (χ3v) is 4.82. The number of fused-ring (bicyclic) bond motifs is 2. The summed E-state index contributed by atoms with van der Waals surface area (Å²) in [5.41, 5.74) is 1.79. The van der Waals surface area contributed by atoms with E-state index >= 15 is 0 Å². The number of amides is 1. The molecule has 6 heteroatoms. The Labute approximate surface area is 134 Å². The first-order valence-corrected chi connectivity index (χ1v) is 7.99. The zero-order valence-electron chi connectivity index (χ0n) is 13.0. The topological polar surface area (TPSA) is 68.2 Å². The van der Waals surface area contributed by atoms with E-state index in [1.54, 1.807) is 19.5 Å². The third kappa shape index (κ3) is 2.59. The first-order chi connectivity index (χ1) is 11.2. The van der Waals surface area contributed by atoms with Gasteiger partial charge in [-0.1, -0.05) is 18.2 Å². The summed E-state index contributed by atoms with van der Waals surface area (Å²) >= 11 is 0. The van der Waals surface area contributed by atoms with Crippen molar-refractivity contribution in [1.82, 2.24) is 20.4 Å². The van der Waals surface area contributed by atoms with Gasteiger partial charge < -0.3 is 15.4 Å². The molecule has 0 radical (unpaired) electrons. The highest BCUT2D eigenvalue weighted by atomic mass is 16.5. The van der Waals surface area contributed by atoms with Gasteiger partial charge in [0.25, 0.3) is 0 Å².